The lowest BCUT2D eigenvalue weighted by Gasteiger charge is -2.35. The van der Waals surface area contributed by atoms with Crippen LogP contribution in [0.25, 0.3) is 10.8 Å². The predicted molar refractivity (Wildman–Crippen MR) is 185 cm³/mol. The van der Waals surface area contributed by atoms with Crippen LogP contribution >= 0.6 is 0 Å². The molecule has 1 saturated carbocycles. The Labute approximate surface area is 274 Å². The van der Waals surface area contributed by atoms with Crippen LogP contribution in [0, 0.1) is 34.5 Å². The van der Waals surface area contributed by atoms with Crippen LogP contribution in [0.3, 0.4) is 0 Å². The summed E-state index contributed by atoms with van der Waals surface area (Å²) in [6, 6.07) is 18.0. The van der Waals surface area contributed by atoms with Gasteiger partial charge in [0, 0.05) is 48.6 Å². The van der Waals surface area contributed by atoms with Crippen LogP contribution in [0.15, 0.2) is 55.1 Å². The van der Waals surface area contributed by atoms with E-state index in [-0.39, 0.29) is 17.6 Å². The monoisotopic (exact) mass is 619 g/mol. The molecule has 0 N–H and O–H groups in total. The van der Waals surface area contributed by atoms with Gasteiger partial charge in [-0.15, -0.1) is 0 Å². The van der Waals surface area contributed by atoms with E-state index >= 15 is 0 Å². The van der Waals surface area contributed by atoms with Crippen LogP contribution in [0.1, 0.15) is 82.9 Å². The van der Waals surface area contributed by atoms with Crippen LogP contribution in [-0.4, -0.2) is 42.0 Å². The Morgan fingerprint density at radius 3 is 2.76 bits per heavy atom. The molecule has 0 spiro atoms. The number of hydrogen-bond acceptors (Lipinski definition) is 7. The summed E-state index contributed by atoms with van der Waals surface area (Å²) < 4.78 is 6.48. The number of fused-ring (bicyclic) bond motifs is 2. The van der Waals surface area contributed by atoms with Gasteiger partial charge in [-0.05, 0) is 79.7 Å². The molecule has 6 rings (SSSR count). The Hall–Kier alpha value is -3.92. The fourth-order valence-corrected chi connectivity index (χ4v) is 8.10. The number of carbonyl (C=O) groups excluding carboxylic acids is 1. The molecule has 3 aromatic rings. The Bertz CT molecular complexity index is 1590. The predicted octanol–water partition coefficient (Wildman–Crippen LogP) is 8.07. The van der Waals surface area contributed by atoms with E-state index < -0.39 is 0 Å². The zero-order valence-electron chi connectivity index (χ0n) is 27.7. The van der Waals surface area contributed by atoms with Crippen LogP contribution in [-0.2, 0) is 17.8 Å². The largest absolute Gasteiger partial charge is 0.463 e. The molecule has 7 heteroatoms. The van der Waals surface area contributed by atoms with E-state index in [9.17, 15) is 10.1 Å². The van der Waals surface area contributed by atoms with Gasteiger partial charge in [-0.2, -0.15) is 15.2 Å². The topological polar surface area (TPSA) is 82.4 Å². The summed E-state index contributed by atoms with van der Waals surface area (Å²) in [5, 5.41) is 12.2. The summed E-state index contributed by atoms with van der Waals surface area (Å²) in [6.07, 6.45) is 11.0. The molecular weight excluding hydrogens is 570 g/mol. The van der Waals surface area contributed by atoms with E-state index in [1.165, 1.54) is 53.8 Å². The molecule has 1 saturated heterocycles. The summed E-state index contributed by atoms with van der Waals surface area (Å²) in [7, 11) is 0. The number of benzene rings is 2. The second-order valence-corrected chi connectivity index (χ2v) is 14.2. The van der Waals surface area contributed by atoms with E-state index in [1.54, 1.807) is 0 Å². The molecule has 46 heavy (non-hydrogen) atoms. The minimum atomic E-state index is -0.0662. The highest BCUT2D eigenvalue weighted by atomic mass is 16.5. The third-order valence-electron chi connectivity index (χ3n) is 11.0. The molecule has 2 aromatic carbocycles. The lowest BCUT2D eigenvalue weighted by atomic mass is 9.85. The van der Waals surface area contributed by atoms with Crippen molar-refractivity contribution in [1.82, 2.24) is 9.97 Å². The fraction of sp³-hybridized carbons (Fsp3) is 0.538. The van der Waals surface area contributed by atoms with Crippen molar-refractivity contribution in [2.75, 3.05) is 36.0 Å². The third-order valence-corrected chi connectivity index (χ3v) is 11.0. The summed E-state index contributed by atoms with van der Waals surface area (Å²) in [4.78, 5) is 27.8. The normalized spacial score (nSPS) is 25.2. The van der Waals surface area contributed by atoms with Crippen molar-refractivity contribution >= 4 is 28.1 Å². The van der Waals surface area contributed by atoms with Crippen molar-refractivity contribution in [3.8, 4) is 12.1 Å². The van der Waals surface area contributed by atoms with Gasteiger partial charge in [-0.1, -0.05) is 69.7 Å². The quantitative estimate of drug-likeness (QED) is 0.224. The molecule has 2 aliphatic heterocycles. The minimum Gasteiger partial charge on any atom is -0.463 e. The van der Waals surface area contributed by atoms with E-state index in [2.05, 4.69) is 78.8 Å². The van der Waals surface area contributed by atoms with Crippen LogP contribution in [0.2, 0.25) is 0 Å². The SMILES string of the molecule is C=CC(=O)C1CCCCN(c2nc(OC[C@@H]3CCC(C)(CC)C3)nc3c2CCN(c2cccc4ccccc24)C3)CC(CC#N)C1. The average Bonchev–Trinajstić information content (AvgIpc) is 3.51. The molecule has 4 atom stereocenters. The third kappa shape index (κ3) is 7.07. The van der Waals surface area contributed by atoms with Crippen LogP contribution < -0.4 is 14.5 Å². The average molecular weight is 620 g/mol. The standard InChI is InChI=1S/C39H49N5O2/c1-4-36(45)31-12-8-9-21-44(25-28(23-31)17-20-40)37-33-18-22-43(35-15-10-13-30-11-6-7-14-32(30)35)26-34(33)41-38(42-37)46-27-29-16-19-39(3,5-2)24-29/h4,6-7,10-11,13-15,28-29,31H,1,5,8-9,12,16-19,21-27H2,2-3H3/t28?,29-,31?,39?/m1/s1. The number of carbonyl (C=O) groups is 1. The lowest BCUT2D eigenvalue weighted by molar-refractivity contribution is -0.118. The van der Waals surface area contributed by atoms with Gasteiger partial charge in [0.1, 0.15) is 5.82 Å². The number of hydrogen-bond donors (Lipinski definition) is 0. The van der Waals surface area contributed by atoms with Gasteiger partial charge >= 0.3 is 6.01 Å². The first-order chi connectivity index (χ1) is 22.4. The maximum Gasteiger partial charge on any atom is 0.318 e. The maximum atomic E-state index is 12.7. The number of ketones is 1. The van der Waals surface area contributed by atoms with E-state index in [4.69, 9.17) is 14.7 Å². The first-order valence-corrected chi connectivity index (χ1v) is 17.4. The Morgan fingerprint density at radius 1 is 1.11 bits per heavy atom. The van der Waals surface area contributed by atoms with Gasteiger partial charge in [-0.25, -0.2) is 0 Å². The van der Waals surface area contributed by atoms with Crippen LogP contribution in [0.5, 0.6) is 6.01 Å². The highest BCUT2D eigenvalue weighted by Crippen LogP contribution is 2.44. The summed E-state index contributed by atoms with van der Waals surface area (Å²) in [6.45, 7) is 12.2. The highest BCUT2D eigenvalue weighted by molar-refractivity contribution is 5.94. The van der Waals surface area contributed by atoms with Crippen molar-refractivity contribution < 1.29 is 9.53 Å². The number of nitriles is 1. The van der Waals surface area contributed by atoms with Crippen molar-refractivity contribution in [2.24, 2.45) is 23.2 Å². The van der Waals surface area contributed by atoms with E-state index in [0.717, 1.165) is 50.3 Å². The molecule has 3 heterocycles. The number of nitrogens with zero attached hydrogens (tertiary/aromatic N) is 5. The number of rotatable bonds is 9. The molecule has 1 aromatic heterocycles. The Kier molecular flexibility index (Phi) is 9.92. The molecule has 3 aliphatic rings. The second-order valence-electron chi connectivity index (χ2n) is 14.2. The molecule has 0 bridgehead atoms. The lowest BCUT2D eigenvalue weighted by Crippen LogP contribution is -2.36. The number of anilines is 2. The zero-order valence-corrected chi connectivity index (χ0v) is 27.7. The van der Waals surface area contributed by atoms with Crippen molar-refractivity contribution in [3.05, 3.63) is 66.4 Å². The van der Waals surface area contributed by atoms with Gasteiger partial charge in [0.05, 0.1) is 24.9 Å². The van der Waals surface area contributed by atoms with Gasteiger partial charge in [0.2, 0.25) is 0 Å². The van der Waals surface area contributed by atoms with E-state index in [1.807, 2.05) is 0 Å². The number of allylic oxidation sites excluding steroid dienone is 1. The molecule has 0 amide bonds. The Morgan fingerprint density at radius 2 is 1.96 bits per heavy atom. The molecular formula is C39H49N5O2. The second kappa shape index (κ2) is 14.2. The first kappa shape index (κ1) is 32.0. The van der Waals surface area contributed by atoms with Gasteiger partial charge < -0.3 is 14.5 Å². The number of ether oxygens (including phenoxy) is 1. The maximum absolute atomic E-state index is 12.7. The fourth-order valence-electron chi connectivity index (χ4n) is 8.10. The summed E-state index contributed by atoms with van der Waals surface area (Å²) >= 11 is 0. The number of aromatic nitrogens is 2. The molecule has 0 radical (unpaired) electrons. The first-order valence-electron chi connectivity index (χ1n) is 17.4. The molecule has 7 nitrogen and oxygen atoms in total. The molecule has 2 fully saturated rings. The minimum absolute atomic E-state index is 0.0662. The zero-order chi connectivity index (χ0) is 32.1. The van der Waals surface area contributed by atoms with Gasteiger partial charge in [0.25, 0.3) is 0 Å². The van der Waals surface area contributed by atoms with Gasteiger partial charge in [-0.3, -0.25) is 4.79 Å². The Balaban J connectivity index is 1.32. The van der Waals surface area contributed by atoms with Crippen molar-refractivity contribution in [2.45, 2.75) is 84.6 Å². The highest BCUT2D eigenvalue weighted by Gasteiger charge is 2.34. The summed E-state index contributed by atoms with van der Waals surface area (Å²) in [5.41, 5.74) is 3.85. The molecule has 242 valence electrons. The van der Waals surface area contributed by atoms with Crippen molar-refractivity contribution in [3.63, 3.8) is 0 Å². The van der Waals surface area contributed by atoms with Gasteiger partial charge in [0.15, 0.2) is 5.78 Å². The molecule has 3 unspecified atom stereocenters. The smallest absolute Gasteiger partial charge is 0.318 e. The molecule has 1 aliphatic carbocycles. The van der Waals surface area contributed by atoms with E-state index in [0.29, 0.717) is 49.9 Å². The van der Waals surface area contributed by atoms with Crippen LogP contribution in [0.4, 0.5) is 11.5 Å². The van der Waals surface area contributed by atoms with Crippen molar-refractivity contribution in [1.29, 1.82) is 5.26 Å². The summed E-state index contributed by atoms with van der Waals surface area (Å²) in [5.74, 6) is 1.59.